The predicted molar refractivity (Wildman–Crippen MR) is 333 cm³/mol. The lowest BCUT2D eigenvalue weighted by Gasteiger charge is -2.20. The first-order chi connectivity index (χ1) is 40.5. The van der Waals surface area contributed by atoms with Gasteiger partial charge in [-0.1, -0.05) is 218 Å². The van der Waals surface area contributed by atoms with Crippen molar-refractivity contribution in [2.45, 2.75) is 45.2 Å². The lowest BCUT2D eigenvalue weighted by atomic mass is 9.84. The van der Waals surface area contributed by atoms with E-state index in [0.29, 0.717) is 0 Å². The lowest BCUT2D eigenvalue weighted by Crippen LogP contribution is -2.31. The minimum absolute atomic E-state index is 0.0508. The van der Waals surface area contributed by atoms with Crippen molar-refractivity contribution in [3.63, 3.8) is 0 Å². The van der Waals surface area contributed by atoms with Gasteiger partial charge in [-0.2, -0.15) is 0 Å². The summed E-state index contributed by atoms with van der Waals surface area (Å²) in [4.78, 5) is 0. The predicted octanol–water partition coefficient (Wildman–Crippen LogP) is 15.3. The van der Waals surface area contributed by atoms with Crippen molar-refractivity contribution < 1.29 is 13.7 Å². The Bertz CT molecular complexity index is 4160. The van der Waals surface area contributed by atoms with Crippen molar-refractivity contribution in [1.29, 1.82) is 0 Å². The highest BCUT2D eigenvalue weighted by Crippen LogP contribution is 2.35. The van der Waals surface area contributed by atoms with Gasteiger partial charge in [-0.25, -0.2) is 27.4 Å². The molecule has 0 fully saturated rings. The fourth-order valence-electron chi connectivity index (χ4n) is 12.9. The molecule has 0 radical (unpaired) electrons. The van der Waals surface area contributed by atoms with E-state index in [0.717, 1.165) is 39.3 Å². The van der Waals surface area contributed by atoms with E-state index in [4.69, 9.17) is 0 Å². The third-order valence-electron chi connectivity index (χ3n) is 16.9. The Morgan fingerprint density at radius 3 is 0.744 bits per heavy atom. The maximum atomic E-state index is 2.34. The fraction of sp³-hybridized carbons (Fsp3) is 0.0921. The average Bonchev–Trinajstić information content (AvgIpc) is 4.33. The molecular formula is C76H61N6+3. The van der Waals surface area contributed by atoms with E-state index >= 15 is 0 Å². The third-order valence-corrected chi connectivity index (χ3v) is 16.9. The van der Waals surface area contributed by atoms with E-state index in [9.17, 15) is 0 Å². The van der Waals surface area contributed by atoms with Gasteiger partial charge in [0.05, 0.1) is 0 Å². The first-order valence-electron chi connectivity index (χ1n) is 28.6. The molecule has 0 aliphatic carbocycles. The van der Waals surface area contributed by atoms with Crippen LogP contribution in [0, 0.1) is 0 Å². The van der Waals surface area contributed by atoms with Crippen molar-refractivity contribution in [2.24, 2.45) is 0 Å². The first kappa shape index (κ1) is 48.9. The average molecular weight is 1060 g/mol. The Hall–Kier alpha value is -10.2. The second-order valence-electron chi connectivity index (χ2n) is 22.3. The molecule has 15 rings (SSSR count). The van der Waals surface area contributed by atoms with Gasteiger partial charge in [0, 0.05) is 22.6 Å². The van der Waals surface area contributed by atoms with Gasteiger partial charge in [-0.3, -0.25) is 0 Å². The highest BCUT2D eigenvalue weighted by atomic mass is 15.1. The van der Waals surface area contributed by atoms with Crippen molar-refractivity contribution in [3.05, 3.63) is 343 Å². The van der Waals surface area contributed by atoms with Crippen LogP contribution in [0.1, 0.15) is 56.0 Å². The van der Waals surface area contributed by atoms with Crippen LogP contribution in [-0.2, 0) is 39.3 Å². The molecule has 392 valence electrons. The highest BCUT2D eigenvalue weighted by molar-refractivity contribution is 6.04. The molecule has 0 amide bonds. The number of hydrogen-bond acceptors (Lipinski definition) is 0. The molecule has 0 aliphatic rings. The first-order valence-corrected chi connectivity index (χ1v) is 28.6. The zero-order valence-electron chi connectivity index (χ0n) is 45.7. The van der Waals surface area contributed by atoms with Crippen molar-refractivity contribution in [2.75, 3.05) is 0 Å². The van der Waals surface area contributed by atoms with Crippen molar-refractivity contribution >= 4 is 64.6 Å². The number of fused-ring (bicyclic) bond motifs is 6. The Morgan fingerprint density at radius 1 is 0.268 bits per heavy atom. The summed E-state index contributed by atoms with van der Waals surface area (Å²) in [5.41, 5.74) is 11.7. The molecule has 3 aromatic heterocycles. The monoisotopic (exact) mass is 1060 g/mol. The van der Waals surface area contributed by atoms with Crippen LogP contribution in [0.25, 0.3) is 64.6 Å². The summed E-state index contributed by atoms with van der Waals surface area (Å²) in [7, 11) is 0. The minimum atomic E-state index is 0.0508. The summed E-state index contributed by atoms with van der Waals surface area (Å²) >= 11 is 0. The molecule has 0 unspecified atom stereocenters. The molecule has 0 saturated carbocycles. The van der Waals surface area contributed by atoms with E-state index in [1.807, 2.05) is 0 Å². The molecule has 0 aliphatic heterocycles. The molecular weight excluding hydrogens is 997 g/mol. The topological polar surface area (TPSA) is 26.4 Å². The number of rotatable bonds is 15. The Kier molecular flexibility index (Phi) is 12.6. The van der Waals surface area contributed by atoms with Gasteiger partial charge in [-0.05, 0) is 116 Å². The van der Waals surface area contributed by atoms with Crippen LogP contribution in [0.4, 0.5) is 0 Å². The van der Waals surface area contributed by atoms with Crippen LogP contribution in [0.15, 0.2) is 293 Å². The standard InChI is InChI=1S/C76H61N6/c1-7-19-67-61(13-1)43-62-14-2-8-20-68(62)73(67)49-80-40-37-77(52-80)46-55-25-31-58(32-26-55)76(59-33-27-56(28-34-59)47-78-38-41-81(53-78)50-74-69-21-9-3-15-63(69)44-64-16-4-10-22-70(64)74)60-35-29-57(30-36-60)48-79-39-42-82(54-79)51-75-71-23-11-5-17-65(71)45-66-18-6-12-24-72(66)75/h1-45,52-54,76H,46-51H2/q+3. The summed E-state index contributed by atoms with van der Waals surface area (Å²) in [5, 5.41) is 15.5. The molecule has 0 atom stereocenters. The number of hydrogen-bond donors (Lipinski definition) is 0. The second kappa shape index (κ2) is 21.1. The molecule has 82 heavy (non-hydrogen) atoms. The van der Waals surface area contributed by atoms with Gasteiger partial charge in [0.1, 0.15) is 76.4 Å². The van der Waals surface area contributed by atoms with Crippen molar-refractivity contribution in [3.8, 4) is 0 Å². The van der Waals surface area contributed by atoms with Gasteiger partial charge in [-0.15, -0.1) is 0 Å². The summed E-state index contributed by atoms with van der Waals surface area (Å²) in [5.74, 6) is 0.0508. The van der Waals surface area contributed by atoms with Gasteiger partial charge >= 0.3 is 0 Å². The Balaban J connectivity index is 0.688. The molecule has 0 spiro atoms. The second-order valence-corrected chi connectivity index (χ2v) is 22.3. The zero-order chi connectivity index (χ0) is 54.3. The van der Waals surface area contributed by atoms with Crippen LogP contribution in [-0.4, -0.2) is 13.7 Å². The minimum Gasteiger partial charge on any atom is -0.233 e. The summed E-state index contributed by atoms with van der Waals surface area (Å²) in [6, 6.07) is 87.5. The molecule has 12 aromatic carbocycles. The van der Waals surface area contributed by atoms with Crippen LogP contribution in [0.3, 0.4) is 0 Å². The van der Waals surface area contributed by atoms with E-state index < -0.39 is 0 Å². The van der Waals surface area contributed by atoms with Gasteiger partial charge < -0.3 is 0 Å². The number of benzene rings is 12. The smallest absolute Gasteiger partial charge is 0.233 e. The summed E-state index contributed by atoms with van der Waals surface area (Å²) in [6.45, 7) is 4.76. The van der Waals surface area contributed by atoms with Crippen LogP contribution < -0.4 is 13.7 Å². The quantitative estimate of drug-likeness (QED) is 0.0556. The molecule has 6 heteroatoms. The van der Waals surface area contributed by atoms with Crippen LogP contribution >= 0.6 is 0 Å². The fourth-order valence-corrected chi connectivity index (χ4v) is 12.9. The van der Waals surface area contributed by atoms with E-state index in [2.05, 4.69) is 320 Å². The maximum Gasteiger partial charge on any atom is 0.244 e. The molecule has 0 bridgehead atoms. The maximum absolute atomic E-state index is 2.34. The van der Waals surface area contributed by atoms with Gasteiger partial charge in [0.25, 0.3) is 0 Å². The molecule has 15 aromatic rings. The van der Waals surface area contributed by atoms with E-state index in [1.165, 1.54) is 115 Å². The SMILES string of the molecule is c1ccc2c(Cn3cc[n+](Cc4ccc(C(c5ccc(C[n+]6ccn(Cc7c8ccccc8cc8ccccc78)c6)cc5)c5ccc(C[n+]6ccn(Cc7c8ccccc8cc8ccccc78)c6)cc5)cc4)c3)c3ccccc3cc2c1. The largest absolute Gasteiger partial charge is 0.244 e. The summed E-state index contributed by atoms with van der Waals surface area (Å²) < 4.78 is 13.8. The Morgan fingerprint density at radius 2 is 0.500 bits per heavy atom. The third kappa shape index (κ3) is 9.68. The van der Waals surface area contributed by atoms with E-state index in [1.54, 1.807) is 0 Å². The molecule has 0 N–H and O–H groups in total. The van der Waals surface area contributed by atoms with Gasteiger partial charge in [0.2, 0.25) is 19.0 Å². The number of imidazole rings is 3. The van der Waals surface area contributed by atoms with Crippen LogP contribution in [0.5, 0.6) is 0 Å². The summed E-state index contributed by atoms with van der Waals surface area (Å²) in [6.07, 6.45) is 20.0. The lowest BCUT2D eigenvalue weighted by molar-refractivity contribution is -0.688. The van der Waals surface area contributed by atoms with E-state index in [-0.39, 0.29) is 5.92 Å². The number of aromatic nitrogens is 6. The molecule has 6 nitrogen and oxygen atoms in total. The normalized spacial score (nSPS) is 11.8. The number of nitrogens with zero attached hydrogens (tertiary/aromatic N) is 6. The van der Waals surface area contributed by atoms with Crippen LogP contribution in [0.2, 0.25) is 0 Å². The molecule has 3 heterocycles. The Labute approximate surface area is 477 Å². The van der Waals surface area contributed by atoms with Gasteiger partial charge in [0.15, 0.2) is 0 Å². The zero-order valence-corrected chi connectivity index (χ0v) is 45.7. The highest BCUT2D eigenvalue weighted by Gasteiger charge is 2.20. The molecule has 0 saturated heterocycles. The van der Waals surface area contributed by atoms with Crippen molar-refractivity contribution in [1.82, 2.24) is 13.7 Å².